The van der Waals surface area contributed by atoms with Crippen LogP contribution in [-0.2, 0) is 37.1 Å². The number of hydrogen-bond acceptors (Lipinski definition) is 1. The molecule has 0 aliphatic heterocycles. The summed E-state index contributed by atoms with van der Waals surface area (Å²) < 4.78 is 8.28. The fourth-order valence-electron chi connectivity index (χ4n) is 0. The Morgan fingerprint density at radius 2 is 1.17 bits per heavy atom. The molecule has 6 heteroatoms. The van der Waals surface area contributed by atoms with E-state index in [1.54, 1.807) is 0 Å². The van der Waals surface area contributed by atoms with Gasteiger partial charge in [0.1, 0.15) is 0 Å². The summed E-state index contributed by atoms with van der Waals surface area (Å²) in [5.41, 5.74) is 0. The van der Waals surface area contributed by atoms with Gasteiger partial charge in [-0.05, 0) is 0 Å². The SMILES string of the molecule is [Co].[LiH].[MgH2].[Ni].[O]=[AlH]. The molecular weight excluding hydrogens is 192 g/mol. The zero-order valence-corrected chi connectivity index (χ0v) is 5.21. The summed E-state index contributed by atoms with van der Waals surface area (Å²) in [6.07, 6.45) is 0. The third-order valence-electron chi connectivity index (χ3n) is 0. The van der Waals surface area contributed by atoms with Crippen LogP contribution in [0.1, 0.15) is 0 Å². The van der Waals surface area contributed by atoms with Crippen molar-refractivity contribution in [3.63, 3.8) is 0 Å². The Hall–Kier alpha value is 2.70. The molecule has 0 bridgehead atoms. The molecule has 0 aromatic rings. The van der Waals surface area contributed by atoms with Gasteiger partial charge in [0, 0.05) is 33.3 Å². The molecule has 0 saturated heterocycles. The molecular formula is H4AlCoLiMgNiO. The first-order valence-electron chi connectivity index (χ1n) is 0.289. The molecule has 0 N–H and O–H groups in total. The third kappa shape index (κ3) is 29.9. The molecule has 1 nitrogen and oxygen atoms in total. The second-order valence-corrected chi connectivity index (χ2v) is 0. The van der Waals surface area contributed by atoms with Crippen molar-refractivity contribution < 1.29 is 37.1 Å². The summed E-state index contributed by atoms with van der Waals surface area (Å²) in [5, 5.41) is 0. The molecule has 0 saturated carbocycles. The van der Waals surface area contributed by atoms with Gasteiger partial charge >= 0.3 is 61.9 Å². The molecule has 6 heavy (non-hydrogen) atoms. The molecule has 0 aliphatic carbocycles. The normalized spacial score (nSPS) is 0.500. The van der Waals surface area contributed by atoms with Crippen LogP contribution >= 0.6 is 0 Å². The van der Waals surface area contributed by atoms with Crippen LogP contribution in [0.5, 0.6) is 0 Å². The molecule has 0 atom stereocenters. The minimum absolute atomic E-state index is 0. The van der Waals surface area contributed by atoms with E-state index in [1.165, 1.54) is 0 Å². The predicted molar refractivity (Wildman–Crippen MR) is 23.5 cm³/mol. The Morgan fingerprint density at radius 1 is 1.17 bits per heavy atom. The van der Waals surface area contributed by atoms with Gasteiger partial charge in [0.15, 0.2) is 0 Å². The molecule has 0 heterocycles. The van der Waals surface area contributed by atoms with Gasteiger partial charge in [0.05, 0.1) is 0 Å². The Bertz CT molecular complexity index is 15.5. The van der Waals surface area contributed by atoms with E-state index in [1.807, 2.05) is 0 Å². The monoisotopic (exact) mass is 195 g/mol. The average molecular weight is 196 g/mol. The van der Waals surface area contributed by atoms with E-state index in [4.69, 9.17) is 3.80 Å². The summed E-state index contributed by atoms with van der Waals surface area (Å²) >= 11 is 0.611. The van der Waals surface area contributed by atoms with Crippen molar-refractivity contribution in [2.24, 2.45) is 0 Å². The van der Waals surface area contributed by atoms with Crippen molar-refractivity contribution in [1.82, 2.24) is 0 Å². The molecule has 0 aromatic carbocycles. The van der Waals surface area contributed by atoms with E-state index in [-0.39, 0.29) is 75.2 Å². The molecule has 0 aromatic heterocycles. The first-order chi connectivity index (χ1) is 1.00. The van der Waals surface area contributed by atoms with E-state index >= 15 is 0 Å². The molecule has 0 unspecified atom stereocenters. The summed E-state index contributed by atoms with van der Waals surface area (Å²) in [6, 6.07) is 0. The summed E-state index contributed by atoms with van der Waals surface area (Å²) in [7, 11) is 0. The predicted octanol–water partition coefficient (Wildman–Crippen LogP) is -2.34. The van der Waals surface area contributed by atoms with Crippen LogP contribution in [0.2, 0.25) is 0 Å². The van der Waals surface area contributed by atoms with Gasteiger partial charge in [-0.3, -0.25) is 0 Å². The van der Waals surface area contributed by atoms with Crippen LogP contribution in [0.25, 0.3) is 0 Å². The first kappa shape index (κ1) is 37.7. The van der Waals surface area contributed by atoms with Gasteiger partial charge < -0.3 is 0 Å². The van der Waals surface area contributed by atoms with Crippen LogP contribution < -0.4 is 0 Å². The maximum absolute atomic E-state index is 8.28. The van der Waals surface area contributed by atoms with E-state index < -0.39 is 0 Å². The Kier molecular flexibility index (Phi) is 298. The minimum atomic E-state index is 0. The van der Waals surface area contributed by atoms with Crippen LogP contribution in [0.4, 0.5) is 0 Å². The standard InChI is InChI=1S/Al.Co.Li.Mg.Ni.O.4H. The fourth-order valence-corrected chi connectivity index (χ4v) is 0. The molecule has 0 spiro atoms. The average Bonchev–Trinajstić information content (AvgIpc) is 1.00. The summed E-state index contributed by atoms with van der Waals surface area (Å²) in [5.74, 6) is 0. The van der Waals surface area contributed by atoms with Crippen molar-refractivity contribution in [3.05, 3.63) is 0 Å². The Balaban J connectivity index is -0.000000000833. The molecule has 0 fully saturated rings. The maximum atomic E-state index is 8.28. The van der Waals surface area contributed by atoms with Crippen LogP contribution in [0.3, 0.4) is 0 Å². The Labute approximate surface area is 93.8 Å². The van der Waals surface area contributed by atoms with Crippen molar-refractivity contribution in [3.8, 4) is 0 Å². The number of rotatable bonds is 0. The fraction of sp³-hybridized carbons (Fsp3) is 0. The van der Waals surface area contributed by atoms with Gasteiger partial charge in [0.2, 0.25) is 0 Å². The quantitative estimate of drug-likeness (QED) is 0.397. The first-order valence-corrected chi connectivity index (χ1v) is 0.866. The van der Waals surface area contributed by atoms with Crippen molar-refractivity contribution in [2.75, 3.05) is 0 Å². The van der Waals surface area contributed by atoms with Gasteiger partial charge in [0.25, 0.3) is 0 Å². The van der Waals surface area contributed by atoms with E-state index in [2.05, 4.69) is 0 Å². The van der Waals surface area contributed by atoms with Crippen LogP contribution in [-0.4, -0.2) is 58.1 Å². The molecule has 0 rings (SSSR count). The van der Waals surface area contributed by atoms with E-state index in [0.29, 0.717) is 16.2 Å². The van der Waals surface area contributed by atoms with E-state index in [9.17, 15) is 0 Å². The summed E-state index contributed by atoms with van der Waals surface area (Å²) in [4.78, 5) is 0. The van der Waals surface area contributed by atoms with Gasteiger partial charge in [-0.25, -0.2) is 0 Å². The van der Waals surface area contributed by atoms with Crippen molar-refractivity contribution in [2.45, 2.75) is 0 Å². The third-order valence-corrected chi connectivity index (χ3v) is 0. The molecule has 1 radical (unpaired) electrons. The van der Waals surface area contributed by atoms with Gasteiger partial charge in [-0.1, -0.05) is 0 Å². The zero-order chi connectivity index (χ0) is 2.00. The van der Waals surface area contributed by atoms with Crippen molar-refractivity contribution in [1.29, 1.82) is 0 Å². The van der Waals surface area contributed by atoms with Gasteiger partial charge in [-0.2, -0.15) is 0 Å². The van der Waals surface area contributed by atoms with Crippen molar-refractivity contribution >= 4 is 58.1 Å². The summed E-state index contributed by atoms with van der Waals surface area (Å²) in [6.45, 7) is 0. The molecule has 35 valence electrons. The Morgan fingerprint density at radius 3 is 1.17 bits per heavy atom. The molecule has 0 amide bonds. The van der Waals surface area contributed by atoms with Crippen LogP contribution in [0.15, 0.2) is 0 Å². The second-order valence-electron chi connectivity index (χ2n) is 0. The molecule has 0 aliphatic rings. The number of hydrogen-bond donors (Lipinski definition) is 0. The van der Waals surface area contributed by atoms with Gasteiger partial charge in [-0.15, -0.1) is 0 Å². The topological polar surface area (TPSA) is 17.1 Å². The zero-order valence-electron chi connectivity index (χ0n) is 1.76. The second kappa shape index (κ2) is 47.5. The van der Waals surface area contributed by atoms with E-state index in [0.717, 1.165) is 0 Å². The van der Waals surface area contributed by atoms with Crippen LogP contribution in [0, 0.1) is 0 Å².